The highest BCUT2D eigenvalue weighted by Crippen LogP contribution is 2.25. The summed E-state index contributed by atoms with van der Waals surface area (Å²) >= 11 is 1.64. The minimum atomic E-state index is -0.346. The minimum Gasteiger partial charge on any atom is -0.466 e. The molecule has 182 valence electrons. The van der Waals surface area contributed by atoms with Crippen molar-refractivity contribution in [2.75, 3.05) is 17.2 Å². The highest BCUT2D eigenvalue weighted by Gasteiger charge is 2.15. The predicted octanol–water partition coefficient (Wildman–Crippen LogP) is 6.42. The van der Waals surface area contributed by atoms with E-state index >= 15 is 0 Å². The number of ether oxygens (including phenoxy) is 1. The van der Waals surface area contributed by atoms with Crippen molar-refractivity contribution in [2.24, 2.45) is 0 Å². The number of aryl methyl sites for hydroxylation is 1. The molecule has 1 aromatic heterocycles. The van der Waals surface area contributed by atoms with Gasteiger partial charge < -0.3 is 15.4 Å². The molecule has 4 aromatic rings. The maximum atomic E-state index is 13.1. The van der Waals surface area contributed by atoms with Crippen molar-refractivity contribution in [3.63, 3.8) is 0 Å². The Morgan fingerprint density at radius 3 is 2.39 bits per heavy atom. The zero-order valence-corrected chi connectivity index (χ0v) is 20.6. The van der Waals surface area contributed by atoms with Crippen LogP contribution in [-0.4, -0.2) is 24.4 Å². The normalized spacial score (nSPS) is 10.5. The number of carbonyl (C=O) groups is 3. The van der Waals surface area contributed by atoms with E-state index in [0.717, 1.165) is 16.0 Å². The first kappa shape index (κ1) is 24.9. The summed E-state index contributed by atoms with van der Waals surface area (Å²) in [5, 5.41) is 7.75. The van der Waals surface area contributed by atoms with Crippen molar-refractivity contribution >= 4 is 40.5 Å². The number of thiophene rings is 1. The molecule has 0 saturated heterocycles. The zero-order valence-electron chi connectivity index (χ0n) is 19.8. The number of esters is 1. The van der Waals surface area contributed by atoms with Crippen LogP contribution >= 0.6 is 11.3 Å². The Balaban J connectivity index is 1.43. The van der Waals surface area contributed by atoms with Gasteiger partial charge in [-0.2, -0.15) is 0 Å². The van der Waals surface area contributed by atoms with Crippen LogP contribution in [0.2, 0.25) is 0 Å². The summed E-state index contributed by atoms with van der Waals surface area (Å²) in [6, 6.07) is 25.6. The fraction of sp³-hybridized carbons (Fsp3) is 0.138. The largest absolute Gasteiger partial charge is 0.466 e. The SMILES string of the molecule is CCOC(=O)CCc1cccc(NC(=O)c2ccccc2NC(=O)c2ccc(-c3cccs3)cc2)c1. The lowest BCUT2D eigenvalue weighted by atomic mass is 10.1. The van der Waals surface area contributed by atoms with Crippen LogP contribution in [0.25, 0.3) is 10.4 Å². The third-order valence-corrected chi connectivity index (χ3v) is 6.40. The van der Waals surface area contributed by atoms with Gasteiger partial charge in [0.15, 0.2) is 0 Å². The van der Waals surface area contributed by atoms with Gasteiger partial charge >= 0.3 is 5.97 Å². The Kier molecular flexibility index (Phi) is 8.26. The number of nitrogens with one attached hydrogen (secondary N) is 2. The Bertz CT molecular complexity index is 1350. The van der Waals surface area contributed by atoms with Crippen LogP contribution < -0.4 is 10.6 Å². The van der Waals surface area contributed by atoms with Crippen LogP contribution in [0.4, 0.5) is 11.4 Å². The Morgan fingerprint density at radius 1 is 0.833 bits per heavy atom. The third-order valence-electron chi connectivity index (χ3n) is 5.48. The number of amides is 2. The zero-order chi connectivity index (χ0) is 25.3. The highest BCUT2D eigenvalue weighted by atomic mass is 32.1. The molecule has 0 aliphatic heterocycles. The molecular weight excluding hydrogens is 472 g/mol. The second kappa shape index (κ2) is 12.0. The van der Waals surface area contributed by atoms with E-state index < -0.39 is 0 Å². The summed E-state index contributed by atoms with van der Waals surface area (Å²) in [6.07, 6.45) is 0.787. The molecule has 0 aliphatic carbocycles. The van der Waals surface area contributed by atoms with E-state index in [0.29, 0.717) is 35.5 Å². The summed E-state index contributed by atoms with van der Waals surface area (Å²) in [7, 11) is 0. The van der Waals surface area contributed by atoms with E-state index in [-0.39, 0.29) is 24.2 Å². The summed E-state index contributed by atoms with van der Waals surface area (Å²) < 4.78 is 4.97. The predicted molar refractivity (Wildman–Crippen MR) is 143 cm³/mol. The molecule has 7 heteroatoms. The quantitative estimate of drug-likeness (QED) is 0.261. The van der Waals surface area contributed by atoms with Crippen molar-refractivity contribution in [3.8, 4) is 10.4 Å². The van der Waals surface area contributed by atoms with Gasteiger partial charge in [-0.25, -0.2) is 0 Å². The molecule has 6 nitrogen and oxygen atoms in total. The van der Waals surface area contributed by atoms with E-state index in [9.17, 15) is 14.4 Å². The summed E-state index contributed by atoms with van der Waals surface area (Å²) in [6.45, 7) is 2.13. The van der Waals surface area contributed by atoms with Crippen LogP contribution in [0.5, 0.6) is 0 Å². The van der Waals surface area contributed by atoms with E-state index in [1.165, 1.54) is 0 Å². The molecule has 0 radical (unpaired) electrons. The first-order chi connectivity index (χ1) is 17.5. The fourth-order valence-corrected chi connectivity index (χ4v) is 4.43. The minimum absolute atomic E-state index is 0.252. The maximum absolute atomic E-state index is 13.1. The van der Waals surface area contributed by atoms with Crippen molar-refractivity contribution in [2.45, 2.75) is 19.8 Å². The number of carbonyl (C=O) groups excluding carboxylic acids is 3. The number of para-hydroxylation sites is 1. The van der Waals surface area contributed by atoms with Gasteiger partial charge in [0, 0.05) is 22.5 Å². The average molecular weight is 499 g/mol. The van der Waals surface area contributed by atoms with Gasteiger partial charge in [0.2, 0.25) is 0 Å². The summed E-state index contributed by atoms with van der Waals surface area (Å²) in [5.41, 5.74) is 3.82. The number of anilines is 2. The molecular formula is C29H26N2O4S. The molecule has 1 heterocycles. The molecule has 4 rings (SSSR count). The Labute approximate surface area is 213 Å². The summed E-state index contributed by atoms with van der Waals surface area (Å²) in [4.78, 5) is 38.7. The second-order valence-electron chi connectivity index (χ2n) is 8.01. The number of benzene rings is 3. The molecule has 2 amide bonds. The fourth-order valence-electron chi connectivity index (χ4n) is 3.70. The first-order valence-electron chi connectivity index (χ1n) is 11.6. The molecule has 0 unspecified atom stereocenters. The molecule has 0 atom stereocenters. The van der Waals surface area contributed by atoms with E-state index in [4.69, 9.17) is 4.74 Å². The van der Waals surface area contributed by atoms with Gasteiger partial charge in [0.25, 0.3) is 11.8 Å². The third kappa shape index (κ3) is 6.46. The molecule has 0 aliphatic rings. The van der Waals surface area contributed by atoms with E-state index in [2.05, 4.69) is 10.6 Å². The number of hydrogen-bond acceptors (Lipinski definition) is 5. The van der Waals surface area contributed by atoms with Crippen molar-refractivity contribution in [1.29, 1.82) is 0 Å². The standard InChI is InChI=1S/C29H26N2O4S/c1-2-35-27(32)17-12-20-7-5-8-23(19-20)30-29(34)24-9-3-4-10-25(24)31-28(33)22-15-13-21(14-16-22)26-11-6-18-36-26/h3-11,13-16,18-19H,2,12,17H2,1H3,(H,30,34)(H,31,33). The first-order valence-corrected chi connectivity index (χ1v) is 12.5. The van der Waals surface area contributed by atoms with Crippen LogP contribution in [0.1, 0.15) is 39.6 Å². The van der Waals surface area contributed by atoms with Gasteiger partial charge in [-0.05, 0) is 72.3 Å². The topological polar surface area (TPSA) is 84.5 Å². The van der Waals surface area contributed by atoms with Crippen LogP contribution in [-0.2, 0) is 16.0 Å². The molecule has 3 aromatic carbocycles. The second-order valence-corrected chi connectivity index (χ2v) is 8.96. The monoisotopic (exact) mass is 498 g/mol. The molecule has 2 N–H and O–H groups in total. The molecule has 36 heavy (non-hydrogen) atoms. The maximum Gasteiger partial charge on any atom is 0.306 e. The lowest BCUT2D eigenvalue weighted by Crippen LogP contribution is -2.18. The van der Waals surface area contributed by atoms with Crippen molar-refractivity contribution in [1.82, 2.24) is 0 Å². The number of rotatable bonds is 9. The van der Waals surface area contributed by atoms with Gasteiger partial charge in [-0.15, -0.1) is 11.3 Å². The van der Waals surface area contributed by atoms with E-state index in [1.807, 2.05) is 47.8 Å². The molecule has 0 fully saturated rings. The van der Waals surface area contributed by atoms with Gasteiger partial charge in [0.05, 0.1) is 17.9 Å². The van der Waals surface area contributed by atoms with Crippen LogP contribution in [0.15, 0.2) is 90.3 Å². The summed E-state index contributed by atoms with van der Waals surface area (Å²) in [5.74, 6) is -0.895. The lowest BCUT2D eigenvalue weighted by molar-refractivity contribution is -0.143. The lowest BCUT2D eigenvalue weighted by Gasteiger charge is -2.12. The van der Waals surface area contributed by atoms with Gasteiger partial charge in [-0.1, -0.05) is 42.5 Å². The van der Waals surface area contributed by atoms with Crippen molar-refractivity contribution in [3.05, 3.63) is 107 Å². The van der Waals surface area contributed by atoms with Crippen LogP contribution in [0, 0.1) is 0 Å². The molecule has 0 saturated carbocycles. The van der Waals surface area contributed by atoms with Gasteiger partial charge in [0.1, 0.15) is 0 Å². The van der Waals surface area contributed by atoms with Gasteiger partial charge in [-0.3, -0.25) is 14.4 Å². The Morgan fingerprint density at radius 2 is 1.64 bits per heavy atom. The average Bonchev–Trinajstić information content (AvgIpc) is 3.43. The Hall–Kier alpha value is -4.23. The molecule has 0 spiro atoms. The molecule has 0 bridgehead atoms. The van der Waals surface area contributed by atoms with Crippen LogP contribution in [0.3, 0.4) is 0 Å². The van der Waals surface area contributed by atoms with E-state index in [1.54, 1.807) is 60.7 Å². The number of hydrogen-bond donors (Lipinski definition) is 2. The highest BCUT2D eigenvalue weighted by molar-refractivity contribution is 7.13. The van der Waals surface area contributed by atoms with Crippen molar-refractivity contribution < 1.29 is 19.1 Å². The smallest absolute Gasteiger partial charge is 0.306 e.